The average molecular weight is 311 g/mol. The Morgan fingerprint density at radius 1 is 1.25 bits per heavy atom. The minimum atomic E-state index is -3.45. The van der Waals surface area contributed by atoms with Crippen molar-refractivity contribution in [3.8, 4) is 0 Å². The summed E-state index contributed by atoms with van der Waals surface area (Å²) in [7, 11) is -1.65. The largest absolute Gasteiger partial charge is 0.373 e. The molecule has 0 saturated carbocycles. The Hall–Kier alpha value is -1.31. The van der Waals surface area contributed by atoms with Gasteiger partial charge in [-0.1, -0.05) is 0 Å². The van der Waals surface area contributed by atoms with Crippen molar-refractivity contribution in [3.63, 3.8) is 0 Å². The first-order valence-electron chi connectivity index (χ1n) is 6.14. The second-order valence-electron chi connectivity index (χ2n) is 4.19. The van der Waals surface area contributed by atoms with Gasteiger partial charge >= 0.3 is 0 Å². The van der Waals surface area contributed by atoms with Gasteiger partial charge in [0.15, 0.2) is 0 Å². The fraction of sp³-hybridized carbons (Fsp3) is 0.308. The van der Waals surface area contributed by atoms with Gasteiger partial charge in [-0.25, -0.2) is 18.1 Å². The van der Waals surface area contributed by atoms with Gasteiger partial charge in [0.05, 0.1) is 10.4 Å². The second-order valence-corrected chi connectivity index (χ2v) is 6.94. The van der Waals surface area contributed by atoms with E-state index in [4.69, 9.17) is 0 Å². The van der Waals surface area contributed by atoms with Crippen LogP contribution in [0.3, 0.4) is 0 Å². The smallest absolute Gasteiger partial charge is 0.240 e. The molecular weight excluding hydrogens is 294 g/mol. The van der Waals surface area contributed by atoms with Crippen LogP contribution >= 0.6 is 11.8 Å². The number of sulfonamides is 1. The molecule has 2 rings (SSSR count). The lowest BCUT2D eigenvalue weighted by Crippen LogP contribution is -2.25. The minimum Gasteiger partial charge on any atom is -0.373 e. The van der Waals surface area contributed by atoms with Crippen LogP contribution in [-0.4, -0.2) is 39.0 Å². The van der Waals surface area contributed by atoms with Crippen molar-refractivity contribution in [2.45, 2.75) is 4.90 Å². The standard InChI is InChI=1S/C13H17N3O2S2/c1-14-13-6-3-10-9-11(4-5-12(10)16-13)20(17,18)15-7-8-19-2/h3-6,9,15H,7-8H2,1-2H3,(H,14,16). The van der Waals surface area contributed by atoms with Crippen LogP contribution in [-0.2, 0) is 10.0 Å². The van der Waals surface area contributed by atoms with Gasteiger partial charge in [-0.15, -0.1) is 0 Å². The zero-order valence-corrected chi connectivity index (χ0v) is 13.0. The topological polar surface area (TPSA) is 71.1 Å². The lowest BCUT2D eigenvalue weighted by Gasteiger charge is -2.07. The highest BCUT2D eigenvalue weighted by Crippen LogP contribution is 2.19. The Balaban J connectivity index is 2.31. The number of rotatable bonds is 6. The third-order valence-electron chi connectivity index (χ3n) is 2.83. The van der Waals surface area contributed by atoms with Crippen LogP contribution in [0.5, 0.6) is 0 Å². The van der Waals surface area contributed by atoms with Gasteiger partial charge in [0.2, 0.25) is 10.0 Å². The summed E-state index contributed by atoms with van der Waals surface area (Å²) in [5, 5.41) is 3.76. The lowest BCUT2D eigenvalue weighted by atomic mass is 10.2. The molecule has 1 aromatic carbocycles. The minimum absolute atomic E-state index is 0.269. The SMILES string of the molecule is CNc1ccc2cc(S(=O)(=O)NCCSC)ccc2n1. The van der Waals surface area contributed by atoms with Crippen molar-refractivity contribution in [1.29, 1.82) is 0 Å². The third kappa shape index (κ3) is 3.41. The molecule has 1 aromatic heterocycles. The van der Waals surface area contributed by atoms with Gasteiger partial charge in [-0.05, 0) is 36.6 Å². The number of thioether (sulfide) groups is 1. The fourth-order valence-corrected chi connectivity index (χ4v) is 3.27. The highest BCUT2D eigenvalue weighted by molar-refractivity contribution is 7.98. The van der Waals surface area contributed by atoms with Gasteiger partial charge in [0.1, 0.15) is 5.82 Å². The molecular formula is C13H17N3O2S2. The van der Waals surface area contributed by atoms with Gasteiger partial charge in [-0.3, -0.25) is 0 Å². The summed E-state index contributed by atoms with van der Waals surface area (Å²) in [4.78, 5) is 4.63. The first-order valence-corrected chi connectivity index (χ1v) is 9.01. The lowest BCUT2D eigenvalue weighted by molar-refractivity contribution is 0.584. The molecule has 20 heavy (non-hydrogen) atoms. The Labute approximate surface area is 123 Å². The van der Waals surface area contributed by atoms with Crippen LogP contribution < -0.4 is 10.0 Å². The van der Waals surface area contributed by atoms with Crippen molar-refractivity contribution < 1.29 is 8.42 Å². The van der Waals surface area contributed by atoms with E-state index in [0.717, 1.165) is 22.5 Å². The van der Waals surface area contributed by atoms with E-state index in [1.807, 2.05) is 18.4 Å². The Bertz CT molecular complexity index is 702. The molecule has 0 spiro atoms. The summed E-state index contributed by atoms with van der Waals surface area (Å²) in [5.41, 5.74) is 0.764. The van der Waals surface area contributed by atoms with Crippen LogP contribution in [0.1, 0.15) is 0 Å². The van der Waals surface area contributed by atoms with E-state index in [2.05, 4.69) is 15.0 Å². The molecule has 0 bridgehead atoms. The third-order valence-corrected chi connectivity index (χ3v) is 4.90. The number of aromatic nitrogens is 1. The van der Waals surface area contributed by atoms with Crippen molar-refractivity contribution in [3.05, 3.63) is 30.3 Å². The molecule has 5 nitrogen and oxygen atoms in total. The van der Waals surface area contributed by atoms with Gasteiger partial charge in [-0.2, -0.15) is 11.8 Å². The molecule has 0 radical (unpaired) electrons. The van der Waals surface area contributed by atoms with Crippen LogP contribution in [0.2, 0.25) is 0 Å². The van der Waals surface area contributed by atoms with E-state index >= 15 is 0 Å². The Kier molecular flexibility index (Phi) is 4.85. The van der Waals surface area contributed by atoms with Crippen molar-refractivity contribution in [2.24, 2.45) is 0 Å². The number of anilines is 1. The molecule has 0 unspecified atom stereocenters. The summed E-state index contributed by atoms with van der Waals surface area (Å²) >= 11 is 1.60. The van der Waals surface area contributed by atoms with Crippen molar-refractivity contribution >= 4 is 38.5 Å². The predicted octanol–water partition coefficient (Wildman–Crippen LogP) is 1.92. The molecule has 0 aliphatic carbocycles. The normalized spacial score (nSPS) is 11.7. The second kappa shape index (κ2) is 6.43. The van der Waals surface area contributed by atoms with Gasteiger partial charge < -0.3 is 5.32 Å². The first-order chi connectivity index (χ1) is 9.56. The van der Waals surface area contributed by atoms with Gasteiger partial charge in [0, 0.05) is 24.7 Å². The van der Waals surface area contributed by atoms with E-state index in [9.17, 15) is 8.42 Å². The molecule has 0 atom stereocenters. The molecule has 1 heterocycles. The molecule has 0 aliphatic rings. The zero-order valence-electron chi connectivity index (χ0n) is 11.4. The quantitative estimate of drug-likeness (QED) is 0.798. The van der Waals surface area contributed by atoms with E-state index in [1.165, 1.54) is 0 Å². The zero-order chi connectivity index (χ0) is 14.6. The average Bonchev–Trinajstić information content (AvgIpc) is 2.46. The maximum Gasteiger partial charge on any atom is 0.240 e. The summed E-state index contributed by atoms with van der Waals surface area (Å²) in [6, 6.07) is 8.62. The molecule has 7 heteroatoms. The van der Waals surface area contributed by atoms with Crippen molar-refractivity contribution in [1.82, 2.24) is 9.71 Å². The number of nitrogens with one attached hydrogen (secondary N) is 2. The Morgan fingerprint density at radius 3 is 2.75 bits per heavy atom. The highest BCUT2D eigenvalue weighted by Gasteiger charge is 2.13. The maximum atomic E-state index is 12.1. The summed E-state index contributed by atoms with van der Waals surface area (Å²) < 4.78 is 26.8. The molecule has 108 valence electrons. The van der Waals surface area contributed by atoms with Crippen LogP contribution in [0, 0.1) is 0 Å². The predicted molar refractivity (Wildman–Crippen MR) is 84.9 cm³/mol. The van der Waals surface area contributed by atoms with Crippen LogP contribution in [0.15, 0.2) is 35.2 Å². The van der Waals surface area contributed by atoms with E-state index in [-0.39, 0.29) is 4.90 Å². The number of hydrogen-bond acceptors (Lipinski definition) is 5. The van der Waals surface area contributed by atoms with Crippen LogP contribution in [0.25, 0.3) is 10.9 Å². The number of hydrogen-bond donors (Lipinski definition) is 2. The van der Waals surface area contributed by atoms with E-state index < -0.39 is 10.0 Å². The monoisotopic (exact) mass is 311 g/mol. The number of fused-ring (bicyclic) bond motifs is 1. The number of pyridine rings is 1. The summed E-state index contributed by atoms with van der Waals surface area (Å²) in [6.45, 7) is 0.429. The number of nitrogens with zero attached hydrogens (tertiary/aromatic N) is 1. The molecule has 0 amide bonds. The molecule has 2 N–H and O–H groups in total. The number of benzene rings is 1. The fourth-order valence-electron chi connectivity index (χ4n) is 1.77. The van der Waals surface area contributed by atoms with Crippen LogP contribution in [0.4, 0.5) is 5.82 Å². The Morgan fingerprint density at radius 2 is 2.05 bits per heavy atom. The molecule has 0 fully saturated rings. The maximum absolute atomic E-state index is 12.1. The summed E-state index contributed by atoms with van der Waals surface area (Å²) in [5.74, 6) is 1.51. The van der Waals surface area contributed by atoms with E-state index in [0.29, 0.717) is 6.54 Å². The van der Waals surface area contributed by atoms with E-state index in [1.54, 1.807) is 37.0 Å². The van der Waals surface area contributed by atoms with Gasteiger partial charge in [0.25, 0.3) is 0 Å². The summed E-state index contributed by atoms with van der Waals surface area (Å²) in [6.07, 6.45) is 1.94. The first kappa shape index (κ1) is 15.1. The molecule has 0 saturated heterocycles. The molecule has 0 aliphatic heterocycles. The van der Waals surface area contributed by atoms with Crippen molar-refractivity contribution in [2.75, 3.05) is 30.9 Å². The highest BCUT2D eigenvalue weighted by atomic mass is 32.2. The molecule has 2 aromatic rings.